The Bertz CT molecular complexity index is 763. The number of phosphoric acid groups is 1. The Kier molecular flexibility index (Phi) is 4.69. The SMILES string of the molecule is O=C1CCC(=O)[N+]1(O)OP(=O)(Oc1ccccc1)Oc1ccccc1. The number of amides is 2. The molecule has 0 saturated carbocycles. The summed E-state index contributed by atoms with van der Waals surface area (Å²) in [5.41, 5.74) is 0. The maximum atomic E-state index is 13.1. The zero-order chi connectivity index (χ0) is 17.9. The monoisotopic (exact) mass is 364 g/mol. The van der Waals surface area contributed by atoms with Crippen LogP contribution in [0.25, 0.3) is 0 Å². The zero-order valence-corrected chi connectivity index (χ0v) is 13.9. The summed E-state index contributed by atoms with van der Waals surface area (Å²) in [6, 6.07) is 15.9. The molecule has 1 fully saturated rings. The van der Waals surface area contributed by atoms with Crippen LogP contribution in [-0.4, -0.2) is 21.8 Å². The van der Waals surface area contributed by atoms with Crippen LogP contribution >= 0.6 is 7.82 Å². The summed E-state index contributed by atoms with van der Waals surface area (Å²) >= 11 is 0. The molecule has 9 heteroatoms. The fourth-order valence-electron chi connectivity index (χ4n) is 2.16. The van der Waals surface area contributed by atoms with Crippen LogP contribution < -0.4 is 9.05 Å². The van der Waals surface area contributed by atoms with Gasteiger partial charge in [0.2, 0.25) is 0 Å². The number of carbonyl (C=O) groups is 2. The number of hydrogen-bond acceptors (Lipinski definition) is 7. The summed E-state index contributed by atoms with van der Waals surface area (Å²) in [7, 11) is -4.57. The van der Waals surface area contributed by atoms with Crippen LogP contribution in [-0.2, 0) is 18.8 Å². The third-order valence-corrected chi connectivity index (χ3v) is 4.67. The van der Waals surface area contributed by atoms with Crippen LogP contribution in [0.5, 0.6) is 11.5 Å². The smallest absolute Gasteiger partial charge is 0.392 e. The van der Waals surface area contributed by atoms with Gasteiger partial charge in [-0.25, -0.2) is 14.2 Å². The molecule has 130 valence electrons. The van der Waals surface area contributed by atoms with E-state index in [-0.39, 0.29) is 24.3 Å². The summed E-state index contributed by atoms with van der Waals surface area (Å²) in [5.74, 6) is -1.66. The first-order valence-corrected chi connectivity index (χ1v) is 8.87. The third kappa shape index (κ3) is 3.78. The van der Waals surface area contributed by atoms with Crippen molar-refractivity contribution in [3.63, 3.8) is 0 Å². The number of hydrogen-bond donors (Lipinski definition) is 1. The summed E-state index contributed by atoms with van der Waals surface area (Å²) in [5, 5.41) is 10.2. The Morgan fingerprint density at radius 3 is 1.60 bits per heavy atom. The Labute approximate surface area is 143 Å². The number of quaternary nitrogens is 1. The van der Waals surface area contributed by atoms with Gasteiger partial charge in [0.15, 0.2) is 0 Å². The van der Waals surface area contributed by atoms with Crippen LogP contribution in [0.1, 0.15) is 12.8 Å². The molecule has 0 spiro atoms. The Morgan fingerprint density at radius 2 is 1.20 bits per heavy atom. The van der Waals surface area contributed by atoms with E-state index in [9.17, 15) is 19.4 Å². The maximum Gasteiger partial charge on any atom is 0.639 e. The summed E-state index contributed by atoms with van der Waals surface area (Å²) < 4.78 is 28.5. The number of hydroxylamine groups is 4. The van der Waals surface area contributed by atoms with E-state index in [0.29, 0.717) is 0 Å². The Balaban J connectivity index is 1.92. The fraction of sp³-hybridized carbons (Fsp3) is 0.125. The lowest BCUT2D eigenvalue weighted by atomic mass is 10.3. The quantitative estimate of drug-likeness (QED) is 0.363. The van der Waals surface area contributed by atoms with Crippen molar-refractivity contribution in [3.8, 4) is 11.5 Å². The molecule has 0 unspecified atom stereocenters. The van der Waals surface area contributed by atoms with Gasteiger partial charge in [0.1, 0.15) is 11.5 Å². The molecular weight excluding hydrogens is 349 g/mol. The van der Waals surface area contributed by atoms with Crippen LogP contribution in [0.2, 0.25) is 0 Å². The molecule has 1 saturated heterocycles. The minimum absolute atomic E-state index is 0.118. The minimum Gasteiger partial charge on any atom is -0.392 e. The third-order valence-electron chi connectivity index (χ3n) is 3.37. The van der Waals surface area contributed by atoms with E-state index in [0.717, 1.165) is 0 Å². The molecule has 0 aliphatic carbocycles. The molecular formula is C16H15NO7P+. The van der Waals surface area contributed by atoms with E-state index in [1.807, 2.05) is 0 Å². The van der Waals surface area contributed by atoms with Gasteiger partial charge in [-0.05, 0) is 28.9 Å². The largest absolute Gasteiger partial charge is 0.639 e. The molecule has 8 nitrogen and oxygen atoms in total. The number of imide groups is 1. The molecule has 1 aliphatic rings. The average molecular weight is 364 g/mol. The van der Waals surface area contributed by atoms with Crippen LogP contribution in [0, 0.1) is 0 Å². The second-order valence-corrected chi connectivity index (χ2v) is 6.62. The van der Waals surface area contributed by atoms with E-state index < -0.39 is 24.4 Å². The van der Waals surface area contributed by atoms with Crippen LogP contribution in [0.3, 0.4) is 0 Å². The number of rotatable bonds is 6. The topological polar surface area (TPSA) is 99.1 Å². The summed E-state index contributed by atoms with van der Waals surface area (Å²) in [6.45, 7) is 0. The molecule has 0 radical (unpaired) electrons. The van der Waals surface area contributed by atoms with Gasteiger partial charge in [-0.15, -0.1) is 0 Å². The van der Waals surface area contributed by atoms with Crippen molar-refractivity contribution in [2.45, 2.75) is 12.8 Å². The molecule has 0 bridgehead atoms. The van der Waals surface area contributed by atoms with Crippen molar-refractivity contribution in [2.75, 3.05) is 0 Å². The van der Waals surface area contributed by atoms with Gasteiger partial charge in [0.05, 0.1) is 17.7 Å². The lowest BCUT2D eigenvalue weighted by Crippen LogP contribution is -2.48. The van der Waals surface area contributed by atoms with Crippen molar-refractivity contribution in [1.29, 1.82) is 0 Å². The predicted octanol–water partition coefficient (Wildman–Crippen LogP) is 3.24. The van der Waals surface area contributed by atoms with E-state index >= 15 is 0 Å². The zero-order valence-electron chi connectivity index (χ0n) is 13.0. The number of benzene rings is 2. The van der Waals surface area contributed by atoms with Gasteiger partial charge in [-0.1, -0.05) is 36.4 Å². The highest BCUT2D eigenvalue weighted by molar-refractivity contribution is 7.49. The Morgan fingerprint density at radius 1 is 0.800 bits per heavy atom. The van der Waals surface area contributed by atoms with Crippen molar-refractivity contribution in [2.24, 2.45) is 0 Å². The van der Waals surface area contributed by atoms with Gasteiger partial charge in [0.25, 0.3) is 0 Å². The maximum absolute atomic E-state index is 13.1. The number of nitrogens with zero attached hydrogens (tertiary/aromatic N) is 1. The number of para-hydroxylation sites is 2. The number of carbonyl (C=O) groups excluding carboxylic acids is 2. The molecule has 0 atom stereocenters. The highest BCUT2D eigenvalue weighted by atomic mass is 31.2. The summed E-state index contributed by atoms with van der Waals surface area (Å²) in [4.78, 5) is 21.6. The molecule has 2 aromatic rings. The second kappa shape index (κ2) is 6.78. The predicted molar refractivity (Wildman–Crippen MR) is 84.1 cm³/mol. The van der Waals surface area contributed by atoms with Gasteiger partial charge in [-0.3, -0.25) is 0 Å². The van der Waals surface area contributed by atoms with Crippen molar-refractivity contribution < 1.29 is 37.8 Å². The lowest BCUT2D eigenvalue weighted by molar-refractivity contribution is -1.11. The first kappa shape index (κ1) is 17.3. The van der Waals surface area contributed by atoms with Crippen molar-refractivity contribution >= 4 is 19.6 Å². The van der Waals surface area contributed by atoms with Crippen molar-refractivity contribution in [3.05, 3.63) is 60.7 Å². The lowest BCUT2D eigenvalue weighted by Gasteiger charge is -2.22. The summed E-state index contributed by atoms with van der Waals surface area (Å²) in [6.07, 6.45) is -0.460. The number of phosphoric ester groups is 1. The highest BCUT2D eigenvalue weighted by Gasteiger charge is 2.59. The van der Waals surface area contributed by atoms with Gasteiger partial charge in [-0.2, -0.15) is 5.21 Å². The van der Waals surface area contributed by atoms with Crippen molar-refractivity contribution in [1.82, 2.24) is 0 Å². The van der Waals surface area contributed by atoms with Crippen LogP contribution in [0.15, 0.2) is 60.7 Å². The van der Waals surface area contributed by atoms with Gasteiger partial charge < -0.3 is 9.05 Å². The standard InChI is InChI=1S/C16H15NO7P/c18-15-11-12-16(19)17(15,20)24-25(21,22-13-7-3-1-4-8-13)23-14-9-5-2-6-10-14/h1-10,20H,11-12H2/q+1. The molecule has 2 aromatic carbocycles. The van der Waals surface area contributed by atoms with Gasteiger partial charge >= 0.3 is 19.6 Å². The second-order valence-electron chi connectivity index (χ2n) is 5.20. The molecule has 1 heterocycles. The molecule has 3 rings (SSSR count). The first-order chi connectivity index (χ1) is 11.9. The Hall–Kier alpha value is -2.51. The van der Waals surface area contributed by atoms with E-state index in [2.05, 4.69) is 0 Å². The molecule has 1 aliphatic heterocycles. The van der Waals surface area contributed by atoms with E-state index in [4.69, 9.17) is 13.7 Å². The highest BCUT2D eigenvalue weighted by Crippen LogP contribution is 2.52. The molecule has 0 aromatic heterocycles. The molecule has 25 heavy (non-hydrogen) atoms. The molecule has 2 amide bonds. The van der Waals surface area contributed by atoms with Gasteiger partial charge in [0, 0.05) is 0 Å². The minimum atomic E-state index is -4.57. The van der Waals surface area contributed by atoms with E-state index in [1.165, 1.54) is 24.3 Å². The van der Waals surface area contributed by atoms with E-state index in [1.54, 1.807) is 36.4 Å². The normalized spacial score (nSPS) is 16.7. The first-order valence-electron chi connectivity index (χ1n) is 7.41. The van der Waals surface area contributed by atoms with Crippen LogP contribution in [0.4, 0.5) is 0 Å². The molecule has 1 N–H and O–H groups in total. The average Bonchev–Trinajstić information content (AvgIpc) is 2.83. The fourth-order valence-corrected chi connectivity index (χ4v) is 3.50.